The summed E-state index contributed by atoms with van der Waals surface area (Å²) in [7, 11) is -1.36. The number of rotatable bonds is 6. The zero-order chi connectivity index (χ0) is 10.4. The largest absolute Gasteiger partial charge is 0.320 e. The van der Waals surface area contributed by atoms with Gasteiger partial charge in [-0.3, -0.25) is 4.72 Å². The van der Waals surface area contributed by atoms with Crippen LogP contribution in [-0.2, 0) is 10.0 Å². The number of sulfonamides is 1. The van der Waals surface area contributed by atoms with E-state index < -0.39 is 10.0 Å². The molecule has 0 aromatic carbocycles. The predicted molar refractivity (Wildman–Crippen MR) is 60.3 cm³/mol. The monoisotopic (exact) mass is 234 g/mol. The molecular weight excluding hydrogens is 220 g/mol. The Morgan fingerprint density at radius 2 is 2.29 bits per heavy atom. The van der Waals surface area contributed by atoms with E-state index in [2.05, 4.69) is 10.0 Å². The van der Waals surface area contributed by atoms with Crippen molar-refractivity contribution in [3.8, 4) is 0 Å². The smallest absolute Gasteiger partial charge is 0.232 e. The fraction of sp³-hybridized carbons (Fsp3) is 0.500. The highest BCUT2D eigenvalue weighted by molar-refractivity contribution is 7.92. The molecule has 6 heteroatoms. The van der Waals surface area contributed by atoms with Gasteiger partial charge in [0, 0.05) is 5.38 Å². The molecule has 4 nitrogen and oxygen atoms in total. The average Bonchev–Trinajstić information content (AvgIpc) is 2.56. The van der Waals surface area contributed by atoms with Crippen LogP contribution in [-0.4, -0.2) is 27.8 Å². The summed E-state index contributed by atoms with van der Waals surface area (Å²) in [5.74, 6) is 0.156. The number of anilines is 1. The molecule has 0 unspecified atom stereocenters. The molecule has 1 aromatic rings. The standard InChI is InChI=1S/C8H14N2O2S2/c1-9-4-2-6-14(11,12)10-8-3-5-13-7-8/h3,5,7,9-10H,2,4,6H2,1H3. The molecule has 0 atom stereocenters. The van der Waals surface area contributed by atoms with Crippen LogP contribution in [0.3, 0.4) is 0 Å². The lowest BCUT2D eigenvalue weighted by Gasteiger charge is -2.05. The van der Waals surface area contributed by atoms with Crippen LogP contribution in [0.25, 0.3) is 0 Å². The van der Waals surface area contributed by atoms with E-state index in [4.69, 9.17) is 0 Å². The summed E-state index contributed by atoms with van der Waals surface area (Å²) >= 11 is 1.47. The van der Waals surface area contributed by atoms with Gasteiger partial charge in [-0.05, 0) is 31.5 Å². The SMILES string of the molecule is CNCCCS(=O)(=O)Nc1ccsc1. The van der Waals surface area contributed by atoms with Gasteiger partial charge >= 0.3 is 0 Å². The molecule has 0 bridgehead atoms. The Morgan fingerprint density at radius 3 is 2.86 bits per heavy atom. The lowest BCUT2D eigenvalue weighted by Crippen LogP contribution is -2.19. The van der Waals surface area contributed by atoms with E-state index >= 15 is 0 Å². The summed E-state index contributed by atoms with van der Waals surface area (Å²) < 4.78 is 25.4. The molecule has 80 valence electrons. The van der Waals surface area contributed by atoms with Crippen molar-refractivity contribution in [3.63, 3.8) is 0 Å². The molecule has 0 radical (unpaired) electrons. The molecule has 14 heavy (non-hydrogen) atoms. The first kappa shape index (κ1) is 11.5. The molecule has 0 saturated carbocycles. The van der Waals surface area contributed by atoms with E-state index in [1.54, 1.807) is 18.5 Å². The van der Waals surface area contributed by atoms with Gasteiger partial charge in [-0.15, -0.1) is 0 Å². The molecule has 0 aliphatic rings. The van der Waals surface area contributed by atoms with E-state index in [1.165, 1.54) is 11.3 Å². The number of hydrogen-bond donors (Lipinski definition) is 2. The summed E-state index contributed by atoms with van der Waals surface area (Å²) in [6.45, 7) is 0.713. The molecule has 1 rings (SSSR count). The summed E-state index contributed by atoms with van der Waals surface area (Å²) in [6, 6.07) is 1.75. The van der Waals surface area contributed by atoms with Crippen LogP contribution in [0.15, 0.2) is 16.8 Å². The van der Waals surface area contributed by atoms with Gasteiger partial charge in [0.15, 0.2) is 0 Å². The first-order valence-electron chi connectivity index (χ1n) is 4.31. The predicted octanol–water partition coefficient (Wildman–Crippen LogP) is 1.10. The summed E-state index contributed by atoms with van der Waals surface area (Å²) in [4.78, 5) is 0. The highest BCUT2D eigenvalue weighted by Gasteiger charge is 2.09. The van der Waals surface area contributed by atoms with Gasteiger partial charge in [-0.25, -0.2) is 8.42 Å². The third-order valence-corrected chi connectivity index (χ3v) is 3.69. The van der Waals surface area contributed by atoms with Crippen molar-refractivity contribution in [2.45, 2.75) is 6.42 Å². The summed E-state index contributed by atoms with van der Waals surface area (Å²) in [5.41, 5.74) is 0.652. The second-order valence-corrected chi connectivity index (χ2v) is 5.51. The fourth-order valence-corrected chi connectivity index (χ4v) is 2.77. The van der Waals surface area contributed by atoms with E-state index in [-0.39, 0.29) is 5.75 Å². The summed E-state index contributed by atoms with van der Waals surface area (Å²) in [6.07, 6.45) is 0.621. The molecular formula is C8H14N2O2S2. The minimum atomic E-state index is -3.16. The first-order chi connectivity index (χ1) is 6.64. The minimum absolute atomic E-state index is 0.156. The van der Waals surface area contributed by atoms with Gasteiger partial charge in [0.25, 0.3) is 0 Å². The lowest BCUT2D eigenvalue weighted by molar-refractivity contribution is 0.597. The van der Waals surface area contributed by atoms with E-state index in [0.717, 1.165) is 0 Å². The van der Waals surface area contributed by atoms with E-state index in [1.807, 2.05) is 5.38 Å². The topological polar surface area (TPSA) is 58.2 Å². The van der Waals surface area contributed by atoms with Crippen LogP contribution in [0.1, 0.15) is 6.42 Å². The lowest BCUT2D eigenvalue weighted by atomic mass is 10.5. The Hall–Kier alpha value is -0.590. The quantitative estimate of drug-likeness (QED) is 0.725. The fourth-order valence-electron chi connectivity index (χ4n) is 0.992. The summed E-state index contributed by atoms with van der Waals surface area (Å²) in [5, 5.41) is 6.52. The maximum absolute atomic E-state index is 11.4. The number of hydrogen-bond acceptors (Lipinski definition) is 4. The number of thiophene rings is 1. The van der Waals surface area contributed by atoms with Gasteiger partial charge in [0.05, 0.1) is 11.4 Å². The molecule has 0 fully saturated rings. The second-order valence-electron chi connectivity index (χ2n) is 2.89. The second kappa shape index (κ2) is 5.33. The third-order valence-electron chi connectivity index (χ3n) is 1.63. The van der Waals surface area contributed by atoms with Gasteiger partial charge in [0.2, 0.25) is 10.0 Å². The van der Waals surface area contributed by atoms with Gasteiger partial charge in [-0.2, -0.15) is 11.3 Å². The highest BCUT2D eigenvalue weighted by atomic mass is 32.2. The average molecular weight is 234 g/mol. The Morgan fingerprint density at radius 1 is 1.50 bits per heavy atom. The van der Waals surface area contributed by atoms with Crippen molar-refractivity contribution in [2.75, 3.05) is 24.1 Å². The third kappa shape index (κ3) is 4.08. The Labute approximate surface area is 88.4 Å². The molecule has 1 heterocycles. The minimum Gasteiger partial charge on any atom is -0.320 e. The molecule has 2 N–H and O–H groups in total. The molecule has 0 spiro atoms. The maximum Gasteiger partial charge on any atom is 0.232 e. The van der Waals surface area contributed by atoms with Crippen LogP contribution in [0.4, 0.5) is 5.69 Å². The normalized spacial score (nSPS) is 11.5. The van der Waals surface area contributed by atoms with Crippen molar-refractivity contribution >= 4 is 27.0 Å². The van der Waals surface area contributed by atoms with E-state index in [9.17, 15) is 8.42 Å². The molecule has 0 aliphatic heterocycles. The zero-order valence-electron chi connectivity index (χ0n) is 7.99. The Kier molecular flexibility index (Phi) is 4.37. The first-order valence-corrected chi connectivity index (χ1v) is 6.91. The van der Waals surface area contributed by atoms with E-state index in [0.29, 0.717) is 18.7 Å². The highest BCUT2D eigenvalue weighted by Crippen LogP contribution is 2.13. The maximum atomic E-state index is 11.4. The molecule has 0 amide bonds. The zero-order valence-corrected chi connectivity index (χ0v) is 9.62. The molecule has 1 aromatic heterocycles. The Bertz CT molecular complexity index is 345. The van der Waals surface area contributed by atoms with Crippen LogP contribution >= 0.6 is 11.3 Å². The van der Waals surface area contributed by atoms with Gasteiger partial charge in [0.1, 0.15) is 0 Å². The van der Waals surface area contributed by atoms with Crippen molar-refractivity contribution in [2.24, 2.45) is 0 Å². The van der Waals surface area contributed by atoms with Crippen LogP contribution in [0.2, 0.25) is 0 Å². The number of nitrogens with one attached hydrogen (secondary N) is 2. The van der Waals surface area contributed by atoms with Gasteiger partial charge in [-0.1, -0.05) is 0 Å². The Balaban J connectivity index is 2.42. The van der Waals surface area contributed by atoms with Gasteiger partial charge < -0.3 is 5.32 Å². The molecule has 0 aliphatic carbocycles. The van der Waals surface area contributed by atoms with Crippen LogP contribution < -0.4 is 10.0 Å². The van der Waals surface area contributed by atoms with Crippen LogP contribution in [0.5, 0.6) is 0 Å². The van der Waals surface area contributed by atoms with Crippen molar-refractivity contribution in [1.29, 1.82) is 0 Å². The van der Waals surface area contributed by atoms with Crippen molar-refractivity contribution in [1.82, 2.24) is 5.32 Å². The van der Waals surface area contributed by atoms with Crippen molar-refractivity contribution < 1.29 is 8.42 Å². The molecule has 0 saturated heterocycles. The van der Waals surface area contributed by atoms with Crippen molar-refractivity contribution in [3.05, 3.63) is 16.8 Å². The van der Waals surface area contributed by atoms with Crippen LogP contribution in [0, 0.1) is 0 Å².